The lowest BCUT2D eigenvalue weighted by Crippen LogP contribution is -2.27. The summed E-state index contributed by atoms with van der Waals surface area (Å²) in [5.74, 6) is -0.168. The fourth-order valence-electron chi connectivity index (χ4n) is 1.79. The van der Waals surface area contributed by atoms with Gasteiger partial charge in [-0.05, 0) is 24.3 Å². The Kier molecular flexibility index (Phi) is 3.41. The first-order valence-electron chi connectivity index (χ1n) is 5.75. The summed E-state index contributed by atoms with van der Waals surface area (Å²) in [5, 5.41) is 3.21. The molecule has 0 fully saturated rings. The number of carbonyl (C=O) groups is 1. The number of likely N-dealkylation sites (N-methyl/N-ethyl adjacent to an activating group) is 1. The van der Waals surface area contributed by atoms with Crippen LogP contribution in [0.15, 0.2) is 29.1 Å². The minimum absolute atomic E-state index is 0.129. The number of benzene rings is 1. The highest BCUT2D eigenvalue weighted by atomic mass is 16.5. The van der Waals surface area contributed by atoms with Crippen molar-refractivity contribution < 1.29 is 9.53 Å². The molecule has 0 saturated heterocycles. The maximum absolute atomic E-state index is 12.0. The number of nitrogens with zero attached hydrogens (tertiary/aromatic N) is 1. The molecule has 2 aromatic rings. The van der Waals surface area contributed by atoms with Crippen molar-refractivity contribution in [2.45, 2.75) is 0 Å². The van der Waals surface area contributed by atoms with Crippen LogP contribution in [0.4, 0.5) is 5.69 Å². The van der Waals surface area contributed by atoms with E-state index in [1.807, 2.05) is 0 Å². The van der Waals surface area contributed by atoms with Crippen molar-refractivity contribution in [2.75, 3.05) is 19.4 Å². The predicted molar refractivity (Wildman–Crippen MR) is 73.2 cm³/mol. The average molecular weight is 261 g/mol. The van der Waals surface area contributed by atoms with Crippen LogP contribution in [0.2, 0.25) is 0 Å². The van der Waals surface area contributed by atoms with E-state index >= 15 is 0 Å². The smallest absolute Gasteiger partial charge is 0.293 e. The molecule has 0 spiro atoms. The number of fused-ring (bicyclic) bond motifs is 1. The van der Waals surface area contributed by atoms with Gasteiger partial charge in [0.15, 0.2) is 12.4 Å². The molecule has 1 heterocycles. The summed E-state index contributed by atoms with van der Waals surface area (Å²) in [5.41, 5.74) is 6.78. The number of aromatic nitrogens is 1. The van der Waals surface area contributed by atoms with Crippen molar-refractivity contribution >= 4 is 22.5 Å². The third-order valence-electron chi connectivity index (χ3n) is 2.85. The molecule has 0 aliphatic carbocycles. The lowest BCUT2D eigenvalue weighted by atomic mass is 10.2. The molecule has 0 bridgehead atoms. The highest BCUT2D eigenvalue weighted by molar-refractivity contribution is 5.83. The SMILES string of the molecule is CNC(=O)COc1cc2cc(N)ccc2n(C)c1=O. The number of anilines is 1. The highest BCUT2D eigenvalue weighted by Crippen LogP contribution is 2.19. The van der Waals surface area contributed by atoms with E-state index in [0.29, 0.717) is 5.69 Å². The third-order valence-corrected chi connectivity index (χ3v) is 2.85. The maximum Gasteiger partial charge on any atom is 0.293 e. The first kappa shape index (κ1) is 12.9. The average Bonchev–Trinajstić information content (AvgIpc) is 2.40. The molecule has 1 aromatic carbocycles. The van der Waals surface area contributed by atoms with Gasteiger partial charge in [0.1, 0.15) is 0 Å². The van der Waals surface area contributed by atoms with Gasteiger partial charge in [0, 0.05) is 25.2 Å². The van der Waals surface area contributed by atoms with E-state index in [2.05, 4.69) is 5.32 Å². The van der Waals surface area contributed by atoms with Gasteiger partial charge < -0.3 is 20.4 Å². The molecule has 6 nitrogen and oxygen atoms in total. The number of ether oxygens (including phenoxy) is 1. The first-order valence-corrected chi connectivity index (χ1v) is 5.75. The summed E-state index contributed by atoms with van der Waals surface area (Å²) in [6, 6.07) is 6.85. The maximum atomic E-state index is 12.0. The van der Waals surface area contributed by atoms with Crippen LogP contribution in [0.25, 0.3) is 10.9 Å². The van der Waals surface area contributed by atoms with Gasteiger partial charge in [-0.3, -0.25) is 9.59 Å². The largest absolute Gasteiger partial charge is 0.478 e. The van der Waals surface area contributed by atoms with Gasteiger partial charge in [0.2, 0.25) is 0 Å². The van der Waals surface area contributed by atoms with E-state index in [4.69, 9.17) is 10.5 Å². The number of nitrogen functional groups attached to an aromatic ring is 1. The zero-order valence-electron chi connectivity index (χ0n) is 10.8. The van der Waals surface area contributed by atoms with Crippen molar-refractivity contribution in [2.24, 2.45) is 7.05 Å². The molecule has 0 radical (unpaired) electrons. The van der Waals surface area contributed by atoms with E-state index in [1.54, 1.807) is 31.3 Å². The molecule has 0 unspecified atom stereocenters. The van der Waals surface area contributed by atoms with Crippen LogP contribution in [0.3, 0.4) is 0 Å². The lowest BCUT2D eigenvalue weighted by molar-refractivity contribution is -0.122. The van der Waals surface area contributed by atoms with Crippen LogP contribution in [-0.4, -0.2) is 24.1 Å². The van der Waals surface area contributed by atoms with Crippen LogP contribution in [0, 0.1) is 0 Å². The van der Waals surface area contributed by atoms with Gasteiger partial charge in [0.05, 0.1) is 5.52 Å². The fraction of sp³-hybridized carbons (Fsp3) is 0.231. The van der Waals surface area contributed by atoms with Crippen molar-refractivity contribution in [1.82, 2.24) is 9.88 Å². The molecule has 0 aliphatic heterocycles. The molecular weight excluding hydrogens is 246 g/mol. The second-order valence-corrected chi connectivity index (χ2v) is 4.15. The molecule has 1 aromatic heterocycles. The Balaban J connectivity index is 2.47. The quantitative estimate of drug-likeness (QED) is 0.775. The topological polar surface area (TPSA) is 86.3 Å². The number of carbonyl (C=O) groups excluding carboxylic acids is 1. The Hall–Kier alpha value is -2.50. The summed E-state index contributed by atoms with van der Waals surface area (Å²) >= 11 is 0. The number of rotatable bonds is 3. The Labute approximate surface area is 109 Å². The van der Waals surface area contributed by atoms with Gasteiger partial charge in [-0.1, -0.05) is 0 Å². The number of hydrogen-bond donors (Lipinski definition) is 2. The van der Waals surface area contributed by atoms with Crippen molar-refractivity contribution in [3.05, 3.63) is 34.6 Å². The molecule has 0 aliphatic rings. The van der Waals surface area contributed by atoms with Crippen molar-refractivity contribution in [3.63, 3.8) is 0 Å². The number of hydrogen-bond acceptors (Lipinski definition) is 4. The zero-order valence-corrected chi connectivity index (χ0v) is 10.8. The molecule has 2 rings (SSSR count). The number of nitrogens with two attached hydrogens (primary N) is 1. The van der Waals surface area contributed by atoms with Crippen LogP contribution < -0.4 is 21.3 Å². The van der Waals surface area contributed by atoms with Crippen molar-refractivity contribution in [1.29, 1.82) is 0 Å². The summed E-state index contributed by atoms with van der Waals surface area (Å²) in [6.45, 7) is -0.195. The molecule has 100 valence electrons. The van der Waals surface area contributed by atoms with Gasteiger partial charge in [-0.15, -0.1) is 0 Å². The second kappa shape index (κ2) is 5.01. The zero-order chi connectivity index (χ0) is 14.0. The monoisotopic (exact) mass is 261 g/mol. The van der Waals surface area contributed by atoms with Crippen LogP contribution in [-0.2, 0) is 11.8 Å². The molecule has 1 amide bonds. The lowest BCUT2D eigenvalue weighted by Gasteiger charge is -2.10. The number of amides is 1. The first-order chi connectivity index (χ1) is 9.02. The molecular formula is C13H15N3O3. The fourth-order valence-corrected chi connectivity index (χ4v) is 1.79. The Bertz CT molecular complexity index is 691. The second-order valence-electron chi connectivity index (χ2n) is 4.15. The molecule has 3 N–H and O–H groups in total. The Morgan fingerprint density at radius 3 is 2.84 bits per heavy atom. The van der Waals surface area contributed by atoms with Gasteiger partial charge in [-0.25, -0.2) is 0 Å². The molecule has 0 atom stereocenters. The summed E-state index contributed by atoms with van der Waals surface area (Å²) in [6.07, 6.45) is 0. The summed E-state index contributed by atoms with van der Waals surface area (Å²) in [4.78, 5) is 23.2. The predicted octanol–water partition coefficient (Wildman–Crippen LogP) is 0.245. The molecule has 0 saturated carbocycles. The van der Waals surface area contributed by atoms with E-state index in [-0.39, 0.29) is 23.8 Å². The van der Waals surface area contributed by atoms with Gasteiger partial charge in [-0.2, -0.15) is 0 Å². The minimum atomic E-state index is -0.297. The van der Waals surface area contributed by atoms with E-state index in [1.165, 1.54) is 11.6 Å². The van der Waals surface area contributed by atoms with E-state index in [0.717, 1.165) is 10.9 Å². The molecule has 6 heteroatoms. The van der Waals surface area contributed by atoms with E-state index in [9.17, 15) is 9.59 Å². The Morgan fingerprint density at radius 2 is 2.16 bits per heavy atom. The number of nitrogens with one attached hydrogen (secondary N) is 1. The number of pyridine rings is 1. The number of aryl methyl sites for hydroxylation is 1. The van der Waals surface area contributed by atoms with Crippen molar-refractivity contribution in [3.8, 4) is 5.75 Å². The minimum Gasteiger partial charge on any atom is -0.478 e. The molecule has 19 heavy (non-hydrogen) atoms. The van der Waals surface area contributed by atoms with Crippen LogP contribution in [0.1, 0.15) is 0 Å². The summed E-state index contributed by atoms with van der Waals surface area (Å²) < 4.78 is 6.70. The van der Waals surface area contributed by atoms with Crippen LogP contribution >= 0.6 is 0 Å². The third kappa shape index (κ3) is 2.52. The van der Waals surface area contributed by atoms with Crippen LogP contribution in [0.5, 0.6) is 5.75 Å². The standard InChI is InChI=1S/C13H15N3O3/c1-15-12(17)7-19-11-6-8-5-9(14)3-4-10(8)16(2)13(11)18/h3-6H,7,14H2,1-2H3,(H,15,17). The normalized spacial score (nSPS) is 10.4. The van der Waals surface area contributed by atoms with Gasteiger partial charge >= 0.3 is 0 Å². The highest BCUT2D eigenvalue weighted by Gasteiger charge is 2.09. The Morgan fingerprint density at radius 1 is 1.42 bits per heavy atom. The van der Waals surface area contributed by atoms with E-state index < -0.39 is 0 Å². The van der Waals surface area contributed by atoms with Gasteiger partial charge in [0.25, 0.3) is 11.5 Å². The summed E-state index contributed by atoms with van der Waals surface area (Å²) in [7, 11) is 3.15.